The molecule has 2 amide bonds. The number of halogens is 1. The van der Waals surface area contributed by atoms with Crippen LogP contribution in [-0.4, -0.2) is 54.2 Å². The molecule has 1 atom stereocenters. The standard InChI is InChI=1S/C31H31ClN4O3S/c1-21-10-8-13-23(18-21)30-28-29(22-11-4-3-5-12-22)34-36(25-15-7-6-14-24(25)32)31(28)35(27(38)20-40-30)19-26(37)33-16-9-17-39-2/h3-8,10-15,18,30H,9,16-17,19-20H2,1-2H3,(H,33,37). The van der Waals surface area contributed by atoms with Gasteiger partial charge in [0.25, 0.3) is 0 Å². The second kappa shape index (κ2) is 12.7. The molecule has 3 aromatic carbocycles. The van der Waals surface area contributed by atoms with Crippen molar-refractivity contribution in [3.05, 3.63) is 101 Å². The number of carbonyl (C=O) groups excluding carboxylic acids is 2. The summed E-state index contributed by atoms with van der Waals surface area (Å²) < 4.78 is 6.82. The summed E-state index contributed by atoms with van der Waals surface area (Å²) in [5.74, 6) is 0.352. The number of ether oxygens (including phenoxy) is 1. The molecule has 2 heterocycles. The van der Waals surface area contributed by atoms with Crippen molar-refractivity contribution in [2.45, 2.75) is 18.6 Å². The largest absolute Gasteiger partial charge is 0.385 e. The molecule has 1 aliphatic heterocycles. The molecular weight excluding hydrogens is 544 g/mol. The van der Waals surface area contributed by atoms with Crippen molar-refractivity contribution in [1.29, 1.82) is 0 Å². The van der Waals surface area contributed by atoms with Gasteiger partial charge in [-0.3, -0.25) is 14.5 Å². The van der Waals surface area contributed by atoms with Crippen LogP contribution in [-0.2, 0) is 14.3 Å². The summed E-state index contributed by atoms with van der Waals surface area (Å²) in [7, 11) is 1.63. The lowest BCUT2D eigenvalue weighted by molar-refractivity contribution is -0.122. The van der Waals surface area contributed by atoms with Gasteiger partial charge in [0, 0.05) is 31.4 Å². The van der Waals surface area contributed by atoms with Crippen molar-refractivity contribution in [2.75, 3.05) is 37.5 Å². The van der Waals surface area contributed by atoms with Gasteiger partial charge in [-0.2, -0.15) is 5.10 Å². The third-order valence-corrected chi connectivity index (χ3v) is 8.29. The Morgan fingerprint density at radius 3 is 2.62 bits per heavy atom. The van der Waals surface area contributed by atoms with Crippen LogP contribution in [0.5, 0.6) is 0 Å². The zero-order valence-electron chi connectivity index (χ0n) is 22.5. The summed E-state index contributed by atoms with van der Waals surface area (Å²) in [5, 5.41) is 8.31. The molecule has 0 fully saturated rings. The summed E-state index contributed by atoms with van der Waals surface area (Å²) in [5.41, 5.74) is 5.37. The van der Waals surface area contributed by atoms with E-state index in [1.165, 1.54) is 0 Å². The van der Waals surface area contributed by atoms with E-state index in [4.69, 9.17) is 21.4 Å². The Labute approximate surface area is 243 Å². The van der Waals surface area contributed by atoms with Crippen LogP contribution in [0.15, 0.2) is 78.9 Å². The third kappa shape index (κ3) is 5.94. The highest BCUT2D eigenvalue weighted by Crippen LogP contribution is 2.49. The molecule has 40 heavy (non-hydrogen) atoms. The molecule has 0 saturated heterocycles. The molecule has 206 valence electrons. The Morgan fingerprint density at radius 1 is 1.10 bits per heavy atom. The minimum absolute atomic E-state index is 0.135. The molecule has 1 aliphatic rings. The predicted molar refractivity (Wildman–Crippen MR) is 161 cm³/mol. The first-order chi connectivity index (χ1) is 19.5. The lowest BCUT2D eigenvalue weighted by atomic mass is 9.98. The molecule has 0 spiro atoms. The summed E-state index contributed by atoms with van der Waals surface area (Å²) in [6.07, 6.45) is 0.683. The van der Waals surface area contributed by atoms with E-state index < -0.39 is 0 Å². The topological polar surface area (TPSA) is 76.5 Å². The van der Waals surface area contributed by atoms with E-state index in [-0.39, 0.29) is 29.4 Å². The van der Waals surface area contributed by atoms with E-state index in [1.807, 2.05) is 54.6 Å². The van der Waals surface area contributed by atoms with Crippen LogP contribution in [0.4, 0.5) is 5.82 Å². The number of amides is 2. The number of rotatable bonds is 9. The summed E-state index contributed by atoms with van der Waals surface area (Å²) in [4.78, 5) is 28.5. The Morgan fingerprint density at radius 2 is 1.88 bits per heavy atom. The van der Waals surface area contributed by atoms with Crippen LogP contribution in [0.2, 0.25) is 5.02 Å². The van der Waals surface area contributed by atoms with E-state index in [2.05, 4.69) is 30.4 Å². The molecule has 0 aliphatic carbocycles. The lowest BCUT2D eigenvalue weighted by Crippen LogP contribution is -2.42. The second-order valence-corrected chi connectivity index (χ2v) is 11.1. The van der Waals surface area contributed by atoms with Crippen LogP contribution < -0.4 is 10.2 Å². The van der Waals surface area contributed by atoms with Crippen molar-refractivity contribution < 1.29 is 14.3 Å². The second-order valence-electron chi connectivity index (χ2n) is 9.60. The van der Waals surface area contributed by atoms with Crippen LogP contribution in [0.1, 0.15) is 28.4 Å². The number of methoxy groups -OCH3 is 1. The van der Waals surface area contributed by atoms with Gasteiger partial charge in [0.1, 0.15) is 12.4 Å². The van der Waals surface area contributed by atoms with Crippen molar-refractivity contribution in [3.8, 4) is 16.9 Å². The van der Waals surface area contributed by atoms with Crippen LogP contribution in [0.3, 0.4) is 0 Å². The Bertz CT molecular complexity index is 1510. The maximum atomic E-state index is 13.8. The zero-order valence-corrected chi connectivity index (χ0v) is 24.0. The monoisotopic (exact) mass is 574 g/mol. The van der Waals surface area contributed by atoms with Crippen molar-refractivity contribution in [2.24, 2.45) is 0 Å². The van der Waals surface area contributed by atoms with Crippen molar-refractivity contribution in [3.63, 3.8) is 0 Å². The molecule has 9 heteroatoms. The number of nitrogens with one attached hydrogen (secondary N) is 1. The number of benzene rings is 3. The van der Waals surface area contributed by atoms with Gasteiger partial charge in [0.2, 0.25) is 11.8 Å². The van der Waals surface area contributed by atoms with Gasteiger partial charge in [0.15, 0.2) is 0 Å². The van der Waals surface area contributed by atoms with E-state index in [0.717, 1.165) is 27.9 Å². The number of para-hydroxylation sites is 1. The van der Waals surface area contributed by atoms with Crippen LogP contribution in [0.25, 0.3) is 16.9 Å². The summed E-state index contributed by atoms with van der Waals surface area (Å²) in [6.45, 7) is 2.93. The van der Waals surface area contributed by atoms with Crippen LogP contribution >= 0.6 is 23.4 Å². The van der Waals surface area contributed by atoms with Gasteiger partial charge in [-0.25, -0.2) is 4.68 Å². The zero-order chi connectivity index (χ0) is 28.1. The van der Waals surface area contributed by atoms with E-state index in [1.54, 1.807) is 34.5 Å². The highest BCUT2D eigenvalue weighted by Gasteiger charge is 2.38. The maximum Gasteiger partial charge on any atom is 0.240 e. The Hall–Kier alpha value is -3.59. The number of carbonyl (C=O) groups is 2. The number of aryl methyl sites for hydroxylation is 1. The SMILES string of the molecule is COCCCNC(=O)CN1C(=O)CSC(c2cccc(C)c2)c2c(-c3ccccc3)nn(-c3ccccc3Cl)c21. The van der Waals surface area contributed by atoms with Gasteiger partial charge in [-0.1, -0.05) is 83.9 Å². The number of nitrogens with zero attached hydrogens (tertiary/aromatic N) is 3. The van der Waals surface area contributed by atoms with Gasteiger partial charge >= 0.3 is 0 Å². The number of thioether (sulfide) groups is 1. The van der Waals surface area contributed by atoms with Crippen molar-refractivity contribution in [1.82, 2.24) is 15.1 Å². The molecular formula is C31H31ClN4O3S. The number of hydrogen-bond acceptors (Lipinski definition) is 5. The maximum absolute atomic E-state index is 13.8. The number of hydrogen-bond donors (Lipinski definition) is 1. The first-order valence-corrected chi connectivity index (χ1v) is 14.6. The predicted octanol–water partition coefficient (Wildman–Crippen LogP) is 5.82. The summed E-state index contributed by atoms with van der Waals surface area (Å²) in [6, 6.07) is 25.6. The van der Waals surface area contributed by atoms with Gasteiger partial charge < -0.3 is 10.1 Å². The first-order valence-electron chi connectivity index (χ1n) is 13.2. The highest BCUT2D eigenvalue weighted by molar-refractivity contribution is 8.00. The molecule has 1 unspecified atom stereocenters. The minimum atomic E-state index is -0.248. The molecule has 1 aromatic heterocycles. The molecule has 1 N–H and O–H groups in total. The third-order valence-electron chi connectivity index (χ3n) is 6.71. The molecule has 7 nitrogen and oxygen atoms in total. The average molecular weight is 575 g/mol. The quantitative estimate of drug-likeness (QED) is 0.255. The Balaban J connectivity index is 1.72. The van der Waals surface area contributed by atoms with E-state index >= 15 is 0 Å². The van der Waals surface area contributed by atoms with E-state index in [0.29, 0.717) is 36.1 Å². The number of anilines is 1. The molecule has 0 bridgehead atoms. The molecule has 5 rings (SSSR count). The van der Waals surface area contributed by atoms with Gasteiger partial charge in [0.05, 0.1) is 27.4 Å². The smallest absolute Gasteiger partial charge is 0.240 e. The van der Waals surface area contributed by atoms with Gasteiger partial charge in [-0.05, 0) is 31.0 Å². The fourth-order valence-electron chi connectivity index (χ4n) is 4.86. The van der Waals surface area contributed by atoms with Crippen LogP contribution in [0, 0.1) is 6.92 Å². The fraction of sp³-hybridized carbons (Fsp3) is 0.258. The number of fused-ring (bicyclic) bond motifs is 1. The minimum Gasteiger partial charge on any atom is -0.385 e. The molecule has 4 aromatic rings. The Kier molecular flexibility index (Phi) is 8.89. The fourth-order valence-corrected chi connectivity index (χ4v) is 6.26. The highest BCUT2D eigenvalue weighted by atomic mass is 35.5. The number of aromatic nitrogens is 2. The van der Waals surface area contributed by atoms with Crippen molar-refractivity contribution >= 4 is 41.0 Å². The molecule has 0 saturated carbocycles. The first kappa shape index (κ1) is 28.0. The molecule has 0 radical (unpaired) electrons. The van der Waals surface area contributed by atoms with Gasteiger partial charge in [-0.15, -0.1) is 11.8 Å². The lowest BCUT2D eigenvalue weighted by Gasteiger charge is -2.23. The van der Waals surface area contributed by atoms with E-state index in [9.17, 15) is 9.59 Å². The summed E-state index contributed by atoms with van der Waals surface area (Å²) >= 11 is 8.25. The average Bonchev–Trinajstić information content (AvgIpc) is 3.28. The normalized spacial score (nSPS) is 15.0.